The maximum absolute atomic E-state index is 12.5. The van der Waals surface area contributed by atoms with Gasteiger partial charge in [0, 0.05) is 26.2 Å². The molecule has 1 fully saturated rings. The molecular formula is C12H16N2O5S. The number of piperazine rings is 1. The van der Waals surface area contributed by atoms with Crippen LogP contribution < -0.4 is 10.1 Å². The fraction of sp³-hybridized carbons (Fsp3) is 0.417. The summed E-state index contributed by atoms with van der Waals surface area (Å²) in [5.74, 6) is -1.09. The largest absolute Gasteiger partial charge is 0.495 e. The van der Waals surface area contributed by atoms with Crippen molar-refractivity contribution in [2.75, 3.05) is 33.3 Å². The van der Waals surface area contributed by atoms with Crippen molar-refractivity contribution >= 4 is 16.0 Å². The van der Waals surface area contributed by atoms with Crippen LogP contribution in [-0.4, -0.2) is 57.1 Å². The van der Waals surface area contributed by atoms with Crippen molar-refractivity contribution in [1.82, 2.24) is 9.62 Å². The molecule has 110 valence electrons. The van der Waals surface area contributed by atoms with Gasteiger partial charge in [0.15, 0.2) is 0 Å². The van der Waals surface area contributed by atoms with E-state index in [1.807, 2.05) is 0 Å². The van der Waals surface area contributed by atoms with Gasteiger partial charge in [-0.05, 0) is 18.2 Å². The number of rotatable bonds is 4. The van der Waals surface area contributed by atoms with Crippen LogP contribution in [0.25, 0.3) is 0 Å². The molecule has 7 nitrogen and oxygen atoms in total. The molecule has 1 aromatic carbocycles. The van der Waals surface area contributed by atoms with E-state index in [4.69, 9.17) is 9.84 Å². The van der Waals surface area contributed by atoms with Crippen molar-refractivity contribution in [1.29, 1.82) is 0 Å². The van der Waals surface area contributed by atoms with Gasteiger partial charge < -0.3 is 15.2 Å². The number of nitrogens with zero attached hydrogens (tertiary/aromatic N) is 1. The van der Waals surface area contributed by atoms with Crippen LogP contribution in [0.3, 0.4) is 0 Å². The Bertz CT molecular complexity index is 608. The Kier molecular flexibility index (Phi) is 4.26. The minimum absolute atomic E-state index is 0.00750. The van der Waals surface area contributed by atoms with Crippen molar-refractivity contribution in [3.05, 3.63) is 23.8 Å². The average molecular weight is 300 g/mol. The number of nitrogens with one attached hydrogen (secondary N) is 1. The number of benzene rings is 1. The van der Waals surface area contributed by atoms with Crippen LogP contribution in [0.2, 0.25) is 0 Å². The Morgan fingerprint density at radius 2 is 2.00 bits per heavy atom. The molecule has 8 heteroatoms. The summed E-state index contributed by atoms with van der Waals surface area (Å²) in [6.45, 7) is 1.95. The lowest BCUT2D eigenvalue weighted by atomic mass is 10.2. The van der Waals surface area contributed by atoms with E-state index in [9.17, 15) is 13.2 Å². The molecule has 0 atom stereocenters. The highest BCUT2D eigenvalue weighted by Crippen LogP contribution is 2.28. The summed E-state index contributed by atoms with van der Waals surface area (Å²) in [4.78, 5) is 10.9. The molecule has 2 rings (SSSR count). The highest BCUT2D eigenvalue weighted by atomic mass is 32.2. The standard InChI is InChI=1S/C12H16N2O5S/c1-19-10-8-9(12(15)16)2-3-11(10)20(17,18)14-6-4-13-5-7-14/h2-3,8,13H,4-7H2,1H3,(H,15,16). The van der Waals surface area contributed by atoms with Crippen molar-refractivity contribution in [3.8, 4) is 5.75 Å². The number of carboxylic acids is 1. The molecule has 20 heavy (non-hydrogen) atoms. The predicted octanol–water partition coefficient (Wildman–Crippen LogP) is -0.0127. The molecule has 0 aromatic heterocycles. The molecule has 1 aliphatic heterocycles. The van der Waals surface area contributed by atoms with E-state index < -0.39 is 16.0 Å². The quantitative estimate of drug-likeness (QED) is 0.812. The minimum Gasteiger partial charge on any atom is -0.495 e. The molecule has 0 saturated carbocycles. The monoisotopic (exact) mass is 300 g/mol. The smallest absolute Gasteiger partial charge is 0.335 e. The second-order valence-electron chi connectivity index (χ2n) is 4.32. The fourth-order valence-corrected chi connectivity index (χ4v) is 3.62. The maximum atomic E-state index is 12.5. The van der Waals surface area contributed by atoms with E-state index in [1.165, 1.54) is 29.6 Å². The van der Waals surface area contributed by atoms with Crippen molar-refractivity contribution in [3.63, 3.8) is 0 Å². The first-order valence-corrected chi connectivity index (χ1v) is 7.53. The summed E-state index contributed by atoms with van der Waals surface area (Å²) in [5.41, 5.74) is -0.0129. The van der Waals surface area contributed by atoms with Crippen LogP contribution in [0.5, 0.6) is 5.75 Å². The topological polar surface area (TPSA) is 95.9 Å². The van der Waals surface area contributed by atoms with Gasteiger partial charge in [0.2, 0.25) is 10.0 Å². The Morgan fingerprint density at radius 1 is 1.35 bits per heavy atom. The number of carboxylic acid groups (broad SMARTS) is 1. The number of carbonyl (C=O) groups is 1. The van der Waals surface area contributed by atoms with Gasteiger partial charge in [0.05, 0.1) is 12.7 Å². The van der Waals surface area contributed by atoms with E-state index in [0.29, 0.717) is 26.2 Å². The van der Waals surface area contributed by atoms with Crippen LogP contribution in [0, 0.1) is 0 Å². The van der Waals surface area contributed by atoms with Crippen LogP contribution >= 0.6 is 0 Å². The number of aromatic carboxylic acids is 1. The number of hydrogen-bond donors (Lipinski definition) is 2. The lowest BCUT2D eigenvalue weighted by Crippen LogP contribution is -2.46. The lowest BCUT2D eigenvalue weighted by molar-refractivity contribution is 0.0696. The summed E-state index contributed by atoms with van der Waals surface area (Å²) in [5, 5.41) is 12.0. The third kappa shape index (κ3) is 2.77. The minimum atomic E-state index is -3.67. The zero-order chi connectivity index (χ0) is 14.8. The molecule has 0 amide bonds. The predicted molar refractivity (Wildman–Crippen MR) is 71.6 cm³/mol. The van der Waals surface area contributed by atoms with E-state index in [2.05, 4.69) is 5.32 Å². The molecule has 2 N–H and O–H groups in total. The summed E-state index contributed by atoms with van der Waals surface area (Å²) >= 11 is 0. The highest BCUT2D eigenvalue weighted by molar-refractivity contribution is 7.89. The Balaban J connectivity index is 2.42. The van der Waals surface area contributed by atoms with Crippen LogP contribution in [0.15, 0.2) is 23.1 Å². The second-order valence-corrected chi connectivity index (χ2v) is 6.23. The summed E-state index contributed by atoms with van der Waals surface area (Å²) in [6.07, 6.45) is 0. The molecule has 0 bridgehead atoms. The normalized spacial score (nSPS) is 16.9. The van der Waals surface area contributed by atoms with Gasteiger partial charge in [0.1, 0.15) is 10.6 Å². The molecule has 1 saturated heterocycles. The SMILES string of the molecule is COc1cc(C(=O)O)ccc1S(=O)(=O)N1CCNCC1. The molecule has 0 unspecified atom stereocenters. The second kappa shape index (κ2) is 5.78. The van der Waals surface area contributed by atoms with Gasteiger partial charge >= 0.3 is 5.97 Å². The first-order valence-electron chi connectivity index (χ1n) is 6.09. The number of ether oxygens (including phenoxy) is 1. The van der Waals surface area contributed by atoms with E-state index in [0.717, 1.165) is 0 Å². The molecule has 1 heterocycles. The van der Waals surface area contributed by atoms with Crippen LogP contribution in [-0.2, 0) is 10.0 Å². The average Bonchev–Trinajstić information content (AvgIpc) is 2.47. The first kappa shape index (κ1) is 14.8. The zero-order valence-electron chi connectivity index (χ0n) is 11.0. The Labute approximate surface area is 117 Å². The number of methoxy groups -OCH3 is 1. The van der Waals surface area contributed by atoms with E-state index >= 15 is 0 Å². The molecule has 1 aromatic rings. The summed E-state index contributed by atoms with van der Waals surface area (Å²) in [6, 6.07) is 3.76. The van der Waals surface area contributed by atoms with Gasteiger partial charge in [-0.1, -0.05) is 0 Å². The highest BCUT2D eigenvalue weighted by Gasteiger charge is 2.29. The third-order valence-corrected chi connectivity index (χ3v) is 5.04. The lowest BCUT2D eigenvalue weighted by Gasteiger charge is -2.27. The summed E-state index contributed by atoms with van der Waals surface area (Å²) < 4.78 is 31.4. The van der Waals surface area contributed by atoms with Crippen molar-refractivity contribution in [2.45, 2.75) is 4.90 Å². The van der Waals surface area contributed by atoms with Gasteiger partial charge in [-0.3, -0.25) is 0 Å². The van der Waals surface area contributed by atoms with Gasteiger partial charge in [0.25, 0.3) is 0 Å². The van der Waals surface area contributed by atoms with E-state index in [-0.39, 0.29) is 16.2 Å². The molecular weight excluding hydrogens is 284 g/mol. The fourth-order valence-electron chi connectivity index (χ4n) is 2.04. The van der Waals surface area contributed by atoms with Crippen LogP contribution in [0.1, 0.15) is 10.4 Å². The molecule has 0 spiro atoms. The molecule has 0 aliphatic carbocycles. The van der Waals surface area contributed by atoms with Crippen LogP contribution in [0.4, 0.5) is 0 Å². The Morgan fingerprint density at radius 3 is 2.55 bits per heavy atom. The van der Waals surface area contributed by atoms with Gasteiger partial charge in [-0.2, -0.15) is 4.31 Å². The van der Waals surface area contributed by atoms with E-state index in [1.54, 1.807) is 0 Å². The van der Waals surface area contributed by atoms with Gasteiger partial charge in [-0.25, -0.2) is 13.2 Å². The molecule has 0 radical (unpaired) electrons. The first-order chi connectivity index (χ1) is 9.46. The van der Waals surface area contributed by atoms with Crippen molar-refractivity contribution < 1.29 is 23.1 Å². The summed E-state index contributed by atoms with van der Waals surface area (Å²) in [7, 11) is -2.35. The zero-order valence-corrected chi connectivity index (χ0v) is 11.8. The Hall–Kier alpha value is -1.64. The van der Waals surface area contributed by atoms with Crippen molar-refractivity contribution in [2.24, 2.45) is 0 Å². The molecule has 1 aliphatic rings. The maximum Gasteiger partial charge on any atom is 0.335 e. The van der Waals surface area contributed by atoms with Gasteiger partial charge in [-0.15, -0.1) is 0 Å². The third-order valence-electron chi connectivity index (χ3n) is 3.10. The number of sulfonamides is 1. The number of hydrogen-bond acceptors (Lipinski definition) is 5.